The van der Waals surface area contributed by atoms with Crippen molar-refractivity contribution in [1.29, 1.82) is 5.26 Å². The van der Waals surface area contributed by atoms with Gasteiger partial charge in [-0.3, -0.25) is 0 Å². The van der Waals surface area contributed by atoms with Crippen LogP contribution in [0.4, 0.5) is 5.69 Å². The summed E-state index contributed by atoms with van der Waals surface area (Å²) in [6.45, 7) is 0.821. The van der Waals surface area contributed by atoms with Gasteiger partial charge in [0.2, 0.25) is 0 Å². The smallest absolute Gasteiger partial charge is 0.149 e. The normalized spacial score (nSPS) is 12.9. The van der Waals surface area contributed by atoms with Crippen LogP contribution in [0.5, 0.6) is 0 Å². The SMILES string of the molecule is N#Cc1nccc2c1C=CCN2. The molecule has 2 heterocycles. The molecule has 0 spiro atoms. The van der Waals surface area contributed by atoms with Crippen LogP contribution in [0.15, 0.2) is 18.3 Å². The highest BCUT2D eigenvalue weighted by Crippen LogP contribution is 2.21. The van der Waals surface area contributed by atoms with Crippen molar-refractivity contribution >= 4 is 11.8 Å². The molecule has 1 aromatic rings. The quantitative estimate of drug-likeness (QED) is 0.619. The van der Waals surface area contributed by atoms with Crippen LogP contribution in [0, 0.1) is 11.3 Å². The molecule has 2 rings (SSSR count). The molecule has 12 heavy (non-hydrogen) atoms. The van der Waals surface area contributed by atoms with Crippen LogP contribution < -0.4 is 5.32 Å². The summed E-state index contributed by atoms with van der Waals surface area (Å²) >= 11 is 0. The minimum absolute atomic E-state index is 0.482. The molecule has 3 heteroatoms. The largest absolute Gasteiger partial charge is 0.381 e. The van der Waals surface area contributed by atoms with Crippen LogP contribution in [0.25, 0.3) is 6.08 Å². The van der Waals surface area contributed by atoms with Gasteiger partial charge in [-0.1, -0.05) is 12.2 Å². The van der Waals surface area contributed by atoms with Gasteiger partial charge in [-0.25, -0.2) is 4.98 Å². The van der Waals surface area contributed by atoms with Crippen molar-refractivity contribution in [1.82, 2.24) is 4.98 Å². The van der Waals surface area contributed by atoms with Crippen molar-refractivity contribution in [3.8, 4) is 6.07 Å². The van der Waals surface area contributed by atoms with Crippen molar-refractivity contribution in [3.63, 3.8) is 0 Å². The minimum Gasteiger partial charge on any atom is -0.381 e. The van der Waals surface area contributed by atoms with Crippen LogP contribution in [0.3, 0.4) is 0 Å². The van der Waals surface area contributed by atoms with Gasteiger partial charge in [0.05, 0.1) is 0 Å². The summed E-state index contributed by atoms with van der Waals surface area (Å²) in [5, 5.41) is 11.9. The average Bonchev–Trinajstić information content (AvgIpc) is 2.17. The van der Waals surface area contributed by atoms with E-state index in [0.29, 0.717) is 5.69 Å². The van der Waals surface area contributed by atoms with Crippen molar-refractivity contribution in [3.05, 3.63) is 29.6 Å². The van der Waals surface area contributed by atoms with E-state index in [1.165, 1.54) is 0 Å². The summed E-state index contributed by atoms with van der Waals surface area (Å²) in [7, 11) is 0. The van der Waals surface area contributed by atoms with Crippen LogP contribution in [0.1, 0.15) is 11.3 Å². The number of aromatic nitrogens is 1. The summed E-state index contributed by atoms with van der Waals surface area (Å²) in [6.07, 6.45) is 5.55. The molecule has 1 N–H and O–H groups in total. The van der Waals surface area contributed by atoms with E-state index in [-0.39, 0.29) is 0 Å². The monoisotopic (exact) mass is 157 g/mol. The van der Waals surface area contributed by atoms with E-state index in [4.69, 9.17) is 5.26 Å². The molecule has 0 aromatic carbocycles. The zero-order valence-electron chi connectivity index (χ0n) is 6.41. The van der Waals surface area contributed by atoms with E-state index in [9.17, 15) is 0 Å². The van der Waals surface area contributed by atoms with E-state index >= 15 is 0 Å². The van der Waals surface area contributed by atoms with Gasteiger partial charge in [0.25, 0.3) is 0 Å². The van der Waals surface area contributed by atoms with E-state index in [2.05, 4.69) is 16.4 Å². The third-order valence-electron chi connectivity index (χ3n) is 1.79. The first kappa shape index (κ1) is 6.86. The molecule has 1 aliphatic rings. The predicted octanol–water partition coefficient (Wildman–Crippen LogP) is 1.39. The molecule has 0 saturated carbocycles. The van der Waals surface area contributed by atoms with E-state index in [1.807, 2.05) is 18.2 Å². The fraction of sp³-hybridized carbons (Fsp3) is 0.111. The van der Waals surface area contributed by atoms with Gasteiger partial charge in [0.15, 0.2) is 0 Å². The summed E-state index contributed by atoms with van der Waals surface area (Å²) in [5.41, 5.74) is 2.37. The Morgan fingerprint density at radius 2 is 2.50 bits per heavy atom. The van der Waals surface area contributed by atoms with Gasteiger partial charge in [-0.15, -0.1) is 0 Å². The molecule has 1 aromatic heterocycles. The number of hydrogen-bond donors (Lipinski definition) is 1. The Hall–Kier alpha value is -1.82. The minimum atomic E-state index is 0.482. The molecule has 1 aliphatic heterocycles. The Balaban J connectivity index is 2.64. The summed E-state index contributed by atoms with van der Waals surface area (Å²) < 4.78 is 0. The lowest BCUT2D eigenvalue weighted by Crippen LogP contribution is -2.06. The molecule has 0 amide bonds. The van der Waals surface area contributed by atoms with Crippen molar-refractivity contribution in [2.24, 2.45) is 0 Å². The molecule has 0 fully saturated rings. The second-order valence-corrected chi connectivity index (χ2v) is 2.52. The maximum absolute atomic E-state index is 8.72. The first-order valence-corrected chi connectivity index (χ1v) is 3.71. The maximum Gasteiger partial charge on any atom is 0.149 e. The lowest BCUT2D eigenvalue weighted by atomic mass is 10.1. The Bertz CT molecular complexity index is 374. The molecule has 3 nitrogen and oxygen atoms in total. The number of pyridine rings is 1. The zero-order valence-corrected chi connectivity index (χ0v) is 6.41. The van der Waals surface area contributed by atoms with Crippen molar-refractivity contribution in [2.75, 3.05) is 11.9 Å². The van der Waals surface area contributed by atoms with E-state index in [1.54, 1.807) is 6.20 Å². The van der Waals surface area contributed by atoms with E-state index < -0.39 is 0 Å². The zero-order chi connectivity index (χ0) is 8.39. The first-order valence-electron chi connectivity index (χ1n) is 3.71. The molecule has 0 atom stereocenters. The lowest BCUT2D eigenvalue weighted by Gasteiger charge is -2.12. The lowest BCUT2D eigenvalue weighted by molar-refractivity contribution is 1.21. The summed E-state index contributed by atoms with van der Waals surface area (Å²) in [6, 6.07) is 3.93. The number of anilines is 1. The number of nitrogens with one attached hydrogen (secondary N) is 1. The number of fused-ring (bicyclic) bond motifs is 1. The maximum atomic E-state index is 8.72. The number of nitriles is 1. The molecule has 0 radical (unpaired) electrons. The summed E-state index contributed by atoms with van der Waals surface area (Å²) in [4.78, 5) is 3.96. The van der Waals surface area contributed by atoms with Crippen LogP contribution >= 0.6 is 0 Å². The molecule has 58 valence electrons. The van der Waals surface area contributed by atoms with Crippen LogP contribution in [-0.2, 0) is 0 Å². The highest BCUT2D eigenvalue weighted by Gasteiger charge is 2.07. The Morgan fingerprint density at radius 3 is 3.33 bits per heavy atom. The highest BCUT2D eigenvalue weighted by molar-refractivity contribution is 5.72. The second kappa shape index (κ2) is 2.67. The Kier molecular flexibility index (Phi) is 1.52. The number of rotatable bonds is 0. The molecule has 0 unspecified atom stereocenters. The van der Waals surface area contributed by atoms with Gasteiger partial charge in [-0.2, -0.15) is 5.26 Å². The molecular weight excluding hydrogens is 150 g/mol. The predicted molar refractivity (Wildman–Crippen MR) is 46.5 cm³/mol. The third-order valence-corrected chi connectivity index (χ3v) is 1.79. The van der Waals surface area contributed by atoms with Gasteiger partial charge in [0.1, 0.15) is 11.8 Å². The van der Waals surface area contributed by atoms with Crippen LogP contribution in [0.2, 0.25) is 0 Å². The molecule has 0 saturated heterocycles. The van der Waals surface area contributed by atoms with Gasteiger partial charge in [0, 0.05) is 24.0 Å². The first-order chi connectivity index (χ1) is 5.92. The van der Waals surface area contributed by atoms with Gasteiger partial charge >= 0.3 is 0 Å². The second-order valence-electron chi connectivity index (χ2n) is 2.52. The van der Waals surface area contributed by atoms with Crippen molar-refractivity contribution < 1.29 is 0 Å². The average molecular weight is 157 g/mol. The van der Waals surface area contributed by atoms with E-state index in [0.717, 1.165) is 17.8 Å². The standard InChI is InChI=1S/C9H7N3/c10-6-9-7-2-1-4-11-8(7)3-5-12-9/h1-3,5,11H,4H2. The summed E-state index contributed by atoms with van der Waals surface area (Å²) in [5.74, 6) is 0. The fourth-order valence-electron chi connectivity index (χ4n) is 1.23. The van der Waals surface area contributed by atoms with Gasteiger partial charge < -0.3 is 5.32 Å². The number of hydrogen-bond acceptors (Lipinski definition) is 3. The third kappa shape index (κ3) is 0.940. The molecule has 0 aliphatic carbocycles. The highest BCUT2D eigenvalue weighted by atomic mass is 14.9. The van der Waals surface area contributed by atoms with Gasteiger partial charge in [-0.05, 0) is 6.07 Å². The topological polar surface area (TPSA) is 48.7 Å². The fourth-order valence-corrected chi connectivity index (χ4v) is 1.23. The Morgan fingerprint density at radius 1 is 1.58 bits per heavy atom. The Labute approximate surface area is 70.4 Å². The molecule has 0 bridgehead atoms. The van der Waals surface area contributed by atoms with Crippen molar-refractivity contribution in [2.45, 2.75) is 0 Å². The van der Waals surface area contributed by atoms with Crippen LogP contribution in [-0.4, -0.2) is 11.5 Å². The number of nitrogens with zero attached hydrogens (tertiary/aromatic N) is 2. The molecular formula is C9H7N3.